The molecule has 1 aromatic carbocycles. The van der Waals surface area contributed by atoms with Crippen LogP contribution in [-0.2, 0) is 7.05 Å². The van der Waals surface area contributed by atoms with Gasteiger partial charge in [-0.1, -0.05) is 25.1 Å². The van der Waals surface area contributed by atoms with Crippen molar-refractivity contribution in [3.8, 4) is 0 Å². The predicted octanol–water partition coefficient (Wildman–Crippen LogP) is 3.18. The normalized spacial score (nSPS) is 17.3. The number of rotatable bonds is 2. The molecule has 0 radical (unpaired) electrons. The molecular weight excluding hydrogens is 308 g/mol. The molecule has 7 heteroatoms. The van der Waals surface area contributed by atoms with Gasteiger partial charge in [0.2, 0.25) is 5.69 Å². The summed E-state index contributed by atoms with van der Waals surface area (Å²) in [5, 5.41) is 15.5. The molecule has 0 fully saturated rings. The number of aryl methyl sites for hydroxylation is 2. The van der Waals surface area contributed by atoms with Crippen LogP contribution in [0.4, 0.5) is 11.4 Å². The molecule has 2 aromatic rings. The highest BCUT2D eigenvalue weighted by Crippen LogP contribution is 2.35. The van der Waals surface area contributed by atoms with Crippen LogP contribution in [0.2, 0.25) is 0 Å². The molecule has 7 nitrogen and oxygen atoms in total. The van der Waals surface area contributed by atoms with Crippen LogP contribution in [0.5, 0.6) is 0 Å². The number of hydrogen-bond acceptors (Lipinski definition) is 4. The number of carbonyl (C=O) groups is 1. The molecule has 0 N–H and O–H groups in total. The van der Waals surface area contributed by atoms with Gasteiger partial charge in [0.05, 0.1) is 4.92 Å². The first-order valence-electron chi connectivity index (χ1n) is 8.00. The number of anilines is 1. The molecule has 24 heavy (non-hydrogen) atoms. The summed E-state index contributed by atoms with van der Waals surface area (Å²) in [6, 6.07) is 7.78. The molecule has 0 unspecified atom stereocenters. The van der Waals surface area contributed by atoms with Crippen molar-refractivity contribution in [2.24, 2.45) is 7.05 Å². The van der Waals surface area contributed by atoms with Crippen LogP contribution in [-0.4, -0.2) is 27.2 Å². The van der Waals surface area contributed by atoms with E-state index in [1.165, 1.54) is 4.68 Å². The van der Waals surface area contributed by atoms with Crippen molar-refractivity contribution >= 4 is 17.3 Å². The van der Waals surface area contributed by atoms with Crippen LogP contribution < -0.4 is 4.90 Å². The number of nitrogens with zero attached hydrogens (tertiary/aromatic N) is 4. The summed E-state index contributed by atoms with van der Waals surface area (Å²) >= 11 is 0. The van der Waals surface area contributed by atoms with Crippen molar-refractivity contribution in [2.45, 2.75) is 32.6 Å². The van der Waals surface area contributed by atoms with Gasteiger partial charge in [-0.3, -0.25) is 19.6 Å². The Morgan fingerprint density at radius 3 is 2.79 bits per heavy atom. The van der Waals surface area contributed by atoms with E-state index >= 15 is 0 Å². The van der Waals surface area contributed by atoms with E-state index in [1.54, 1.807) is 18.9 Å². The molecule has 2 heterocycles. The van der Waals surface area contributed by atoms with Crippen LogP contribution in [0.3, 0.4) is 0 Å². The lowest BCUT2D eigenvalue weighted by atomic mass is 9.96. The van der Waals surface area contributed by atoms with Gasteiger partial charge in [0.25, 0.3) is 5.91 Å². The van der Waals surface area contributed by atoms with Crippen LogP contribution >= 0.6 is 0 Å². The maximum absolute atomic E-state index is 13.1. The summed E-state index contributed by atoms with van der Waals surface area (Å²) in [6.45, 7) is 4.23. The highest BCUT2D eigenvalue weighted by atomic mass is 16.6. The van der Waals surface area contributed by atoms with Crippen molar-refractivity contribution in [1.29, 1.82) is 0 Å². The zero-order chi connectivity index (χ0) is 17.4. The molecule has 0 bridgehead atoms. The van der Waals surface area contributed by atoms with E-state index in [0.29, 0.717) is 12.5 Å². The number of para-hydroxylation sites is 1. The minimum atomic E-state index is -0.526. The zero-order valence-electron chi connectivity index (χ0n) is 14.0. The maximum atomic E-state index is 13.1. The van der Waals surface area contributed by atoms with Gasteiger partial charge in [-0.15, -0.1) is 0 Å². The molecule has 0 saturated carbocycles. The van der Waals surface area contributed by atoms with E-state index in [0.717, 1.165) is 24.1 Å². The van der Waals surface area contributed by atoms with Crippen LogP contribution in [0.1, 0.15) is 47.4 Å². The van der Waals surface area contributed by atoms with E-state index in [2.05, 4.69) is 12.0 Å². The van der Waals surface area contributed by atoms with Gasteiger partial charge in [-0.2, -0.15) is 5.10 Å². The van der Waals surface area contributed by atoms with Crippen molar-refractivity contribution in [1.82, 2.24) is 9.78 Å². The largest absolute Gasteiger partial charge is 0.322 e. The third-order valence-electron chi connectivity index (χ3n) is 4.60. The number of amides is 1. The monoisotopic (exact) mass is 328 g/mol. The van der Waals surface area contributed by atoms with Crippen LogP contribution in [0.15, 0.2) is 24.3 Å². The Bertz CT molecular complexity index is 812. The third-order valence-corrected chi connectivity index (χ3v) is 4.60. The summed E-state index contributed by atoms with van der Waals surface area (Å²) in [4.78, 5) is 25.7. The minimum Gasteiger partial charge on any atom is -0.307 e. The molecule has 0 aliphatic carbocycles. The molecule has 126 valence electrons. The van der Waals surface area contributed by atoms with Crippen LogP contribution in [0.25, 0.3) is 0 Å². The van der Waals surface area contributed by atoms with Gasteiger partial charge in [-0.25, -0.2) is 0 Å². The predicted molar refractivity (Wildman–Crippen MR) is 90.4 cm³/mol. The number of nitro groups is 1. The molecule has 3 rings (SSSR count). The summed E-state index contributed by atoms with van der Waals surface area (Å²) < 4.78 is 1.31. The first kappa shape index (κ1) is 16.2. The second kappa shape index (κ2) is 6.07. The fourth-order valence-corrected chi connectivity index (χ4v) is 3.43. The lowest BCUT2D eigenvalue weighted by Crippen LogP contribution is -2.33. The second-order valence-corrected chi connectivity index (χ2v) is 6.22. The van der Waals surface area contributed by atoms with Crippen molar-refractivity contribution in [3.63, 3.8) is 0 Å². The Hall–Kier alpha value is -2.70. The molecule has 0 saturated heterocycles. The summed E-state index contributed by atoms with van der Waals surface area (Å²) in [5.74, 6) is -0.0198. The van der Waals surface area contributed by atoms with Crippen molar-refractivity contribution in [2.75, 3.05) is 11.4 Å². The van der Waals surface area contributed by atoms with Gasteiger partial charge < -0.3 is 4.90 Å². The summed E-state index contributed by atoms with van der Waals surface area (Å²) in [7, 11) is 1.57. The van der Waals surface area contributed by atoms with E-state index in [4.69, 9.17) is 0 Å². The average molecular weight is 328 g/mol. The molecule has 0 spiro atoms. The Balaban J connectivity index is 2.11. The van der Waals surface area contributed by atoms with Gasteiger partial charge >= 0.3 is 5.69 Å². The maximum Gasteiger partial charge on any atom is 0.322 e. The van der Waals surface area contributed by atoms with Gasteiger partial charge in [-0.05, 0) is 37.3 Å². The Labute approximate surface area is 140 Å². The molecule has 1 amide bonds. The number of benzene rings is 1. The lowest BCUT2D eigenvalue weighted by molar-refractivity contribution is -0.385. The van der Waals surface area contributed by atoms with Crippen LogP contribution in [0, 0.1) is 17.0 Å². The average Bonchev–Trinajstić information content (AvgIpc) is 2.74. The highest BCUT2D eigenvalue weighted by molar-refractivity contribution is 6.08. The Morgan fingerprint density at radius 2 is 2.08 bits per heavy atom. The van der Waals surface area contributed by atoms with Crippen molar-refractivity contribution < 1.29 is 9.72 Å². The number of hydrogen-bond donors (Lipinski definition) is 0. The van der Waals surface area contributed by atoms with E-state index in [-0.39, 0.29) is 23.0 Å². The van der Waals surface area contributed by atoms with E-state index in [9.17, 15) is 14.9 Å². The summed E-state index contributed by atoms with van der Waals surface area (Å²) in [6.07, 6.45) is 1.83. The fourth-order valence-electron chi connectivity index (χ4n) is 3.43. The summed E-state index contributed by atoms with van der Waals surface area (Å²) in [5.41, 5.74) is 2.01. The molecule has 1 atom stereocenters. The molecule has 1 aliphatic rings. The van der Waals surface area contributed by atoms with E-state index < -0.39 is 4.92 Å². The van der Waals surface area contributed by atoms with Gasteiger partial charge in [0.1, 0.15) is 5.69 Å². The van der Waals surface area contributed by atoms with Gasteiger partial charge in [0, 0.05) is 19.3 Å². The number of fused-ring (bicyclic) bond motifs is 1. The molecular formula is C17H20N4O3. The number of aromatic nitrogens is 2. The van der Waals surface area contributed by atoms with Crippen molar-refractivity contribution in [3.05, 3.63) is 51.3 Å². The highest BCUT2D eigenvalue weighted by Gasteiger charge is 2.34. The quantitative estimate of drug-likeness (QED) is 0.626. The van der Waals surface area contributed by atoms with E-state index in [1.807, 2.05) is 24.3 Å². The molecule has 1 aromatic heterocycles. The standard InChI is InChI=1S/C17H20N4O3/c1-11-7-6-10-20(14-9-5-4-8-13(11)14)17(22)16-15(21(23)24)12(2)18-19(16)3/h4-5,8-9,11H,6-7,10H2,1-3H3/t11-/m0/s1. The second-order valence-electron chi connectivity index (χ2n) is 6.22. The topological polar surface area (TPSA) is 81.3 Å². The minimum absolute atomic E-state index is 0.0295. The lowest BCUT2D eigenvalue weighted by Gasteiger charge is -2.23. The third kappa shape index (κ3) is 2.55. The number of carbonyl (C=O) groups excluding carboxylic acids is 1. The molecule has 1 aliphatic heterocycles. The SMILES string of the molecule is Cc1nn(C)c(C(=O)N2CCC[C@H](C)c3ccccc32)c1[N+](=O)[O-]. The first-order chi connectivity index (χ1) is 11.4. The smallest absolute Gasteiger partial charge is 0.307 e. The Morgan fingerprint density at radius 1 is 1.38 bits per heavy atom. The zero-order valence-corrected chi connectivity index (χ0v) is 14.0. The van der Waals surface area contributed by atoms with Gasteiger partial charge in [0.15, 0.2) is 0 Å². The fraction of sp³-hybridized carbons (Fsp3) is 0.412. The Kier molecular flexibility index (Phi) is 4.09. The first-order valence-corrected chi connectivity index (χ1v) is 8.00.